The van der Waals surface area contributed by atoms with Crippen molar-refractivity contribution in [2.75, 3.05) is 6.54 Å². The second-order valence-corrected chi connectivity index (χ2v) is 4.10. The van der Waals surface area contributed by atoms with Crippen molar-refractivity contribution >= 4 is 0 Å². The van der Waals surface area contributed by atoms with E-state index in [-0.39, 0.29) is 6.54 Å². The van der Waals surface area contributed by atoms with Crippen LogP contribution in [0.3, 0.4) is 0 Å². The molecule has 0 saturated heterocycles. The lowest BCUT2D eigenvalue weighted by molar-refractivity contribution is -0.125. The normalized spacial score (nSPS) is 12.2. The number of hydrogen-bond donors (Lipinski definition) is 1. The van der Waals surface area contributed by atoms with Gasteiger partial charge in [0.2, 0.25) is 0 Å². The fraction of sp³-hybridized carbons (Fsp3) is 0.500. The summed E-state index contributed by atoms with van der Waals surface area (Å²) in [6.07, 6.45) is -3.63. The minimum absolute atomic E-state index is 0.161. The smallest absolute Gasteiger partial charge is 0.307 e. The first-order valence-electron chi connectivity index (χ1n) is 5.26. The second-order valence-electron chi connectivity index (χ2n) is 4.10. The lowest BCUT2D eigenvalue weighted by Gasteiger charge is -2.16. The quantitative estimate of drug-likeness (QED) is 0.789. The van der Waals surface area contributed by atoms with Crippen LogP contribution in [0.2, 0.25) is 0 Å². The summed E-state index contributed by atoms with van der Waals surface area (Å²) in [7, 11) is 0. The van der Waals surface area contributed by atoms with Gasteiger partial charge in [-0.1, -0.05) is 23.8 Å². The number of rotatable bonds is 5. The van der Waals surface area contributed by atoms with E-state index in [1.54, 1.807) is 6.07 Å². The molecule has 0 atom stereocenters. The molecule has 0 bridgehead atoms. The molecule has 0 amide bonds. The maximum atomic E-state index is 12.6. The van der Waals surface area contributed by atoms with Gasteiger partial charge in [-0.25, -0.2) is 8.78 Å². The Kier molecular flexibility index (Phi) is 4.51. The first-order chi connectivity index (χ1) is 7.83. The third-order valence-corrected chi connectivity index (χ3v) is 2.49. The van der Waals surface area contributed by atoms with Crippen LogP contribution in [-0.2, 0) is 6.54 Å². The first-order valence-corrected chi connectivity index (χ1v) is 5.26. The van der Waals surface area contributed by atoms with Gasteiger partial charge >= 0.3 is 12.3 Å². The Bertz CT molecular complexity index is 377. The summed E-state index contributed by atoms with van der Waals surface area (Å²) in [4.78, 5) is 0. The zero-order valence-electron chi connectivity index (χ0n) is 9.74. The molecule has 0 aromatic heterocycles. The van der Waals surface area contributed by atoms with Crippen LogP contribution >= 0.6 is 0 Å². The zero-order valence-corrected chi connectivity index (χ0v) is 9.74. The lowest BCUT2D eigenvalue weighted by Crippen LogP contribution is -2.38. The van der Waals surface area contributed by atoms with Gasteiger partial charge in [0.05, 0.1) is 6.54 Å². The van der Waals surface area contributed by atoms with Crippen LogP contribution in [0.25, 0.3) is 0 Å². The molecular weight excluding hydrogens is 234 g/mol. The van der Waals surface area contributed by atoms with Crippen LogP contribution in [0, 0.1) is 13.8 Å². The fourth-order valence-electron chi connectivity index (χ4n) is 1.49. The van der Waals surface area contributed by atoms with Gasteiger partial charge in [-0.15, -0.1) is 0 Å². The van der Waals surface area contributed by atoms with Crippen molar-refractivity contribution in [3.05, 3.63) is 34.9 Å². The molecule has 1 rings (SSSR count). The largest absolute Gasteiger partial charge is 0.319 e. The highest BCUT2D eigenvalue weighted by molar-refractivity contribution is 5.30. The lowest BCUT2D eigenvalue weighted by atomic mass is 10.1. The molecule has 1 nitrogen and oxygen atoms in total. The third kappa shape index (κ3) is 4.00. The van der Waals surface area contributed by atoms with Gasteiger partial charge in [-0.3, -0.25) is 0 Å². The number of nitrogens with one attached hydrogen (secondary N) is 1. The molecule has 0 radical (unpaired) electrons. The van der Waals surface area contributed by atoms with E-state index in [2.05, 4.69) is 5.32 Å². The van der Waals surface area contributed by atoms with E-state index in [4.69, 9.17) is 0 Å². The Morgan fingerprint density at radius 3 is 2.41 bits per heavy atom. The fourth-order valence-corrected chi connectivity index (χ4v) is 1.49. The minimum atomic E-state index is -3.97. The van der Waals surface area contributed by atoms with Gasteiger partial charge in [0.25, 0.3) is 0 Å². The highest BCUT2D eigenvalue weighted by atomic mass is 19.3. The molecule has 1 N–H and O–H groups in total. The summed E-state index contributed by atoms with van der Waals surface area (Å²) >= 11 is 0. The average Bonchev–Trinajstić information content (AvgIpc) is 2.21. The van der Waals surface area contributed by atoms with Gasteiger partial charge in [0, 0.05) is 6.54 Å². The molecule has 0 fully saturated rings. The predicted molar refractivity (Wildman–Crippen MR) is 58.6 cm³/mol. The van der Waals surface area contributed by atoms with Crippen molar-refractivity contribution in [2.45, 2.75) is 32.7 Å². The van der Waals surface area contributed by atoms with Gasteiger partial charge in [0.1, 0.15) is 0 Å². The molecule has 0 aliphatic carbocycles. The average molecular weight is 249 g/mol. The van der Waals surface area contributed by atoms with Crippen molar-refractivity contribution in [3.63, 3.8) is 0 Å². The molecule has 0 saturated carbocycles. The number of hydrogen-bond acceptors (Lipinski definition) is 1. The molecule has 0 unspecified atom stereocenters. The minimum Gasteiger partial charge on any atom is -0.307 e. The summed E-state index contributed by atoms with van der Waals surface area (Å²) in [5, 5.41) is 2.35. The van der Waals surface area contributed by atoms with E-state index < -0.39 is 18.9 Å². The summed E-state index contributed by atoms with van der Waals surface area (Å²) in [6.45, 7) is 2.93. The molecule has 0 aliphatic heterocycles. The summed E-state index contributed by atoms with van der Waals surface area (Å²) in [5.41, 5.74) is 2.86. The Morgan fingerprint density at radius 2 is 1.88 bits per heavy atom. The van der Waals surface area contributed by atoms with E-state index in [0.717, 1.165) is 16.7 Å². The number of halogens is 4. The zero-order chi connectivity index (χ0) is 13.1. The molecule has 17 heavy (non-hydrogen) atoms. The number of benzene rings is 1. The van der Waals surface area contributed by atoms with Crippen LogP contribution in [0.5, 0.6) is 0 Å². The maximum absolute atomic E-state index is 12.6. The molecule has 0 aliphatic rings. The van der Waals surface area contributed by atoms with E-state index >= 15 is 0 Å². The first kappa shape index (κ1) is 14.0. The number of alkyl halides is 4. The van der Waals surface area contributed by atoms with Crippen LogP contribution < -0.4 is 5.32 Å². The van der Waals surface area contributed by atoms with Gasteiger partial charge < -0.3 is 5.32 Å². The van der Waals surface area contributed by atoms with Crippen molar-refractivity contribution in [1.29, 1.82) is 0 Å². The van der Waals surface area contributed by atoms with Crippen molar-refractivity contribution in [1.82, 2.24) is 5.32 Å². The van der Waals surface area contributed by atoms with Crippen molar-refractivity contribution in [2.24, 2.45) is 0 Å². The SMILES string of the molecule is Cc1ccc(CNCC(F)(F)C(F)F)c(C)c1. The molecule has 0 heterocycles. The Labute approximate surface area is 97.8 Å². The molecular formula is C12H15F4N. The van der Waals surface area contributed by atoms with Crippen LogP contribution in [0.15, 0.2) is 18.2 Å². The summed E-state index contributed by atoms with van der Waals surface area (Å²) in [5.74, 6) is -3.97. The van der Waals surface area contributed by atoms with E-state index in [1.807, 2.05) is 26.0 Å². The van der Waals surface area contributed by atoms with E-state index in [9.17, 15) is 17.6 Å². The van der Waals surface area contributed by atoms with Crippen molar-refractivity contribution < 1.29 is 17.6 Å². The molecule has 0 spiro atoms. The van der Waals surface area contributed by atoms with Crippen molar-refractivity contribution in [3.8, 4) is 0 Å². The van der Waals surface area contributed by atoms with Gasteiger partial charge in [0.15, 0.2) is 0 Å². The van der Waals surface area contributed by atoms with Gasteiger partial charge in [-0.05, 0) is 25.0 Å². The van der Waals surface area contributed by atoms with E-state index in [1.165, 1.54) is 0 Å². The standard InChI is InChI=1S/C12H15F4N/c1-8-3-4-10(9(2)5-8)6-17-7-12(15,16)11(13)14/h3-5,11,17H,6-7H2,1-2H3. The van der Waals surface area contributed by atoms with Crippen LogP contribution in [-0.4, -0.2) is 18.9 Å². The van der Waals surface area contributed by atoms with E-state index in [0.29, 0.717) is 0 Å². The Morgan fingerprint density at radius 1 is 1.24 bits per heavy atom. The second kappa shape index (κ2) is 5.49. The predicted octanol–water partition coefficient (Wildman–Crippen LogP) is 3.29. The highest BCUT2D eigenvalue weighted by Gasteiger charge is 2.39. The summed E-state index contributed by atoms with van der Waals surface area (Å²) < 4.78 is 49.0. The topological polar surface area (TPSA) is 12.0 Å². The molecule has 1 aromatic rings. The third-order valence-electron chi connectivity index (χ3n) is 2.49. The monoisotopic (exact) mass is 249 g/mol. The summed E-state index contributed by atoms with van der Waals surface area (Å²) in [6, 6.07) is 5.58. The molecule has 96 valence electrons. The van der Waals surface area contributed by atoms with Crippen LogP contribution in [0.4, 0.5) is 17.6 Å². The van der Waals surface area contributed by atoms with Crippen LogP contribution in [0.1, 0.15) is 16.7 Å². The number of aryl methyl sites for hydroxylation is 2. The maximum Gasteiger partial charge on any atom is 0.319 e. The molecule has 1 aromatic carbocycles. The Hall–Kier alpha value is -1.10. The highest BCUT2D eigenvalue weighted by Crippen LogP contribution is 2.21. The van der Waals surface area contributed by atoms with Gasteiger partial charge in [-0.2, -0.15) is 8.78 Å². The Balaban J connectivity index is 2.51. The molecule has 5 heteroatoms.